The smallest absolute Gasteiger partial charge is 0.0992 e. The van der Waals surface area contributed by atoms with Gasteiger partial charge >= 0.3 is 0 Å². The Bertz CT molecular complexity index is 449. The van der Waals surface area contributed by atoms with Crippen molar-refractivity contribution in [3.05, 3.63) is 35.9 Å². The zero-order valence-corrected chi connectivity index (χ0v) is 12.8. The minimum Gasteiger partial charge on any atom is -0.384 e. The van der Waals surface area contributed by atoms with Crippen molar-refractivity contribution in [2.75, 3.05) is 32.8 Å². The summed E-state index contributed by atoms with van der Waals surface area (Å²) < 4.78 is 5.93. The first-order valence-electron chi connectivity index (χ1n) is 7.99. The fourth-order valence-electron chi connectivity index (χ4n) is 3.38. The summed E-state index contributed by atoms with van der Waals surface area (Å²) >= 11 is 0. The van der Waals surface area contributed by atoms with Crippen LogP contribution in [0.25, 0.3) is 0 Å². The summed E-state index contributed by atoms with van der Waals surface area (Å²) in [6.45, 7) is 6.29. The van der Waals surface area contributed by atoms with E-state index in [0.29, 0.717) is 12.6 Å². The number of nitrogens with one attached hydrogen (secondary N) is 1. The topological polar surface area (TPSA) is 44.7 Å². The van der Waals surface area contributed by atoms with E-state index in [9.17, 15) is 5.11 Å². The van der Waals surface area contributed by atoms with Crippen LogP contribution in [0.1, 0.15) is 25.3 Å². The molecular formula is C17H26N2O2. The molecule has 2 aliphatic heterocycles. The van der Waals surface area contributed by atoms with Gasteiger partial charge in [-0.2, -0.15) is 0 Å². The maximum Gasteiger partial charge on any atom is 0.0992 e. The molecule has 0 amide bonds. The largest absolute Gasteiger partial charge is 0.384 e. The van der Waals surface area contributed by atoms with Crippen molar-refractivity contribution in [1.29, 1.82) is 0 Å². The zero-order valence-electron chi connectivity index (χ0n) is 12.8. The molecule has 2 N–H and O–H groups in total. The van der Waals surface area contributed by atoms with E-state index in [1.807, 2.05) is 37.3 Å². The molecule has 0 aliphatic carbocycles. The number of benzene rings is 1. The molecule has 2 aliphatic rings. The van der Waals surface area contributed by atoms with E-state index >= 15 is 0 Å². The van der Waals surface area contributed by atoms with Gasteiger partial charge in [0.05, 0.1) is 18.3 Å². The van der Waals surface area contributed by atoms with E-state index in [4.69, 9.17) is 4.74 Å². The molecule has 0 radical (unpaired) electrons. The van der Waals surface area contributed by atoms with Crippen LogP contribution in [0.2, 0.25) is 0 Å². The van der Waals surface area contributed by atoms with Crippen LogP contribution in [0.5, 0.6) is 0 Å². The van der Waals surface area contributed by atoms with E-state index in [-0.39, 0.29) is 6.10 Å². The lowest BCUT2D eigenvalue weighted by Gasteiger charge is -2.35. The van der Waals surface area contributed by atoms with Crippen LogP contribution in [0.3, 0.4) is 0 Å². The second-order valence-corrected chi connectivity index (χ2v) is 6.52. The number of morpholine rings is 1. The van der Waals surface area contributed by atoms with Crippen LogP contribution in [-0.4, -0.2) is 54.9 Å². The van der Waals surface area contributed by atoms with Crippen LogP contribution in [0.4, 0.5) is 0 Å². The highest BCUT2D eigenvalue weighted by atomic mass is 16.5. The van der Waals surface area contributed by atoms with Gasteiger partial charge in [0, 0.05) is 25.7 Å². The number of hydrogen-bond acceptors (Lipinski definition) is 4. The Morgan fingerprint density at radius 3 is 3.00 bits per heavy atom. The summed E-state index contributed by atoms with van der Waals surface area (Å²) in [4.78, 5) is 2.55. The number of fused-ring (bicyclic) bond motifs is 1. The van der Waals surface area contributed by atoms with Crippen molar-refractivity contribution in [1.82, 2.24) is 10.2 Å². The predicted molar refractivity (Wildman–Crippen MR) is 83.2 cm³/mol. The van der Waals surface area contributed by atoms with Gasteiger partial charge in [0.25, 0.3) is 0 Å². The van der Waals surface area contributed by atoms with Gasteiger partial charge in [-0.15, -0.1) is 0 Å². The minimum absolute atomic E-state index is 0.242. The molecule has 2 fully saturated rings. The van der Waals surface area contributed by atoms with E-state index in [1.165, 1.54) is 19.4 Å². The van der Waals surface area contributed by atoms with E-state index in [1.54, 1.807) is 0 Å². The minimum atomic E-state index is -0.841. The fourth-order valence-corrected chi connectivity index (χ4v) is 3.38. The van der Waals surface area contributed by atoms with Crippen molar-refractivity contribution in [3.8, 4) is 0 Å². The van der Waals surface area contributed by atoms with Crippen LogP contribution in [0, 0.1) is 0 Å². The van der Waals surface area contributed by atoms with Crippen LogP contribution in [-0.2, 0) is 10.3 Å². The Morgan fingerprint density at radius 2 is 2.19 bits per heavy atom. The molecule has 1 aromatic carbocycles. The molecule has 2 heterocycles. The molecule has 0 spiro atoms. The van der Waals surface area contributed by atoms with E-state index in [0.717, 1.165) is 25.3 Å². The van der Waals surface area contributed by atoms with Gasteiger partial charge in [-0.05, 0) is 31.9 Å². The average Bonchev–Trinajstić information content (AvgIpc) is 2.95. The van der Waals surface area contributed by atoms with Crippen LogP contribution in [0.15, 0.2) is 30.3 Å². The molecule has 3 atom stereocenters. The number of ether oxygens (including phenoxy) is 1. The first kappa shape index (κ1) is 15.0. The quantitative estimate of drug-likeness (QED) is 0.859. The third-order valence-electron chi connectivity index (χ3n) is 4.70. The first-order chi connectivity index (χ1) is 10.1. The second kappa shape index (κ2) is 6.44. The summed E-state index contributed by atoms with van der Waals surface area (Å²) in [6.07, 6.45) is 2.82. The molecule has 21 heavy (non-hydrogen) atoms. The van der Waals surface area contributed by atoms with Gasteiger partial charge in [-0.25, -0.2) is 0 Å². The molecule has 116 valence electrons. The van der Waals surface area contributed by atoms with Crippen molar-refractivity contribution in [2.45, 2.75) is 37.5 Å². The van der Waals surface area contributed by atoms with Crippen molar-refractivity contribution in [2.24, 2.45) is 0 Å². The summed E-state index contributed by atoms with van der Waals surface area (Å²) in [5.41, 5.74) is 0.105. The highest BCUT2D eigenvalue weighted by Crippen LogP contribution is 2.23. The lowest BCUT2D eigenvalue weighted by Crippen LogP contribution is -2.50. The molecule has 1 aromatic rings. The Balaban J connectivity index is 1.45. The Hall–Kier alpha value is -0.940. The summed E-state index contributed by atoms with van der Waals surface area (Å²) in [7, 11) is 0. The molecule has 2 saturated heterocycles. The van der Waals surface area contributed by atoms with Gasteiger partial charge in [-0.3, -0.25) is 4.90 Å². The fraction of sp³-hybridized carbons (Fsp3) is 0.647. The van der Waals surface area contributed by atoms with Gasteiger partial charge in [0.1, 0.15) is 0 Å². The summed E-state index contributed by atoms with van der Waals surface area (Å²) in [5, 5.41) is 13.9. The monoisotopic (exact) mass is 290 g/mol. The predicted octanol–water partition coefficient (Wildman–Crippen LogP) is 1.35. The van der Waals surface area contributed by atoms with Crippen LogP contribution >= 0.6 is 0 Å². The van der Waals surface area contributed by atoms with Crippen molar-refractivity contribution >= 4 is 0 Å². The van der Waals surface area contributed by atoms with Gasteiger partial charge in [0.15, 0.2) is 0 Å². The first-order valence-corrected chi connectivity index (χ1v) is 7.99. The number of aliphatic hydroxyl groups is 1. The van der Waals surface area contributed by atoms with Crippen molar-refractivity contribution < 1.29 is 9.84 Å². The molecule has 0 saturated carbocycles. The lowest BCUT2D eigenvalue weighted by atomic mass is 9.96. The molecular weight excluding hydrogens is 264 g/mol. The third kappa shape index (κ3) is 3.64. The summed E-state index contributed by atoms with van der Waals surface area (Å²) in [6, 6.07) is 10.5. The standard InChI is InChI=1S/C17H26N2O2/c1-17(20,14-6-3-2-4-7-14)13-18-10-16-11-19-9-5-8-15(19)12-21-16/h2-4,6-7,15-16,18,20H,5,8-13H2,1H3. The number of rotatable bonds is 5. The summed E-state index contributed by atoms with van der Waals surface area (Å²) in [5.74, 6) is 0. The molecule has 3 rings (SSSR count). The maximum atomic E-state index is 10.6. The Kier molecular flexibility index (Phi) is 4.60. The van der Waals surface area contributed by atoms with E-state index in [2.05, 4.69) is 10.2 Å². The third-order valence-corrected chi connectivity index (χ3v) is 4.70. The highest BCUT2D eigenvalue weighted by molar-refractivity contribution is 5.21. The van der Waals surface area contributed by atoms with Gasteiger partial charge in [0.2, 0.25) is 0 Å². The van der Waals surface area contributed by atoms with Gasteiger partial charge in [-0.1, -0.05) is 30.3 Å². The number of hydrogen-bond donors (Lipinski definition) is 2. The van der Waals surface area contributed by atoms with Crippen LogP contribution < -0.4 is 5.32 Å². The molecule has 4 heteroatoms. The second-order valence-electron chi connectivity index (χ2n) is 6.52. The van der Waals surface area contributed by atoms with E-state index < -0.39 is 5.60 Å². The average molecular weight is 290 g/mol. The molecule has 0 bridgehead atoms. The normalized spacial score (nSPS) is 29.0. The zero-order chi connectivity index (χ0) is 14.7. The SMILES string of the molecule is CC(O)(CNCC1CN2CCCC2CO1)c1ccccc1. The lowest BCUT2D eigenvalue weighted by molar-refractivity contribution is -0.0493. The van der Waals surface area contributed by atoms with Crippen molar-refractivity contribution in [3.63, 3.8) is 0 Å². The van der Waals surface area contributed by atoms with Gasteiger partial charge < -0.3 is 15.2 Å². The molecule has 0 aromatic heterocycles. The Labute approximate surface area is 127 Å². The molecule has 3 unspecified atom stereocenters. The maximum absolute atomic E-state index is 10.6. The Morgan fingerprint density at radius 1 is 1.38 bits per heavy atom. The highest BCUT2D eigenvalue weighted by Gasteiger charge is 2.32. The molecule has 4 nitrogen and oxygen atoms in total. The number of nitrogens with zero attached hydrogens (tertiary/aromatic N) is 1.